The van der Waals surface area contributed by atoms with Crippen LogP contribution in [-0.4, -0.2) is 24.2 Å². The van der Waals surface area contributed by atoms with E-state index in [0.717, 1.165) is 17.3 Å². The maximum absolute atomic E-state index is 6.01. The molecule has 1 aromatic rings. The highest BCUT2D eigenvalue weighted by atomic mass is 35.5. The van der Waals surface area contributed by atoms with Crippen molar-refractivity contribution >= 4 is 24.2 Å². The largest absolute Gasteiger partial charge is 0.300 e. The smallest absolute Gasteiger partial charge is 0.0409 e. The molecule has 0 saturated heterocycles. The van der Waals surface area contributed by atoms with Gasteiger partial charge in [0.2, 0.25) is 0 Å². The third kappa shape index (κ3) is 5.33. The summed E-state index contributed by atoms with van der Waals surface area (Å²) < 4.78 is 0. The van der Waals surface area contributed by atoms with Gasteiger partial charge in [0.1, 0.15) is 0 Å². The average molecular weight is 272 g/mol. The number of rotatable bonds is 7. The normalized spacial score (nSPS) is 13.0. The van der Waals surface area contributed by atoms with Crippen molar-refractivity contribution < 1.29 is 0 Å². The Balaban J connectivity index is 2.43. The molecule has 0 aromatic heterocycles. The fourth-order valence-electron chi connectivity index (χ4n) is 1.86. The zero-order valence-corrected chi connectivity index (χ0v) is 12.3. The summed E-state index contributed by atoms with van der Waals surface area (Å²) >= 11 is 10.2. The summed E-state index contributed by atoms with van der Waals surface area (Å²) in [6, 6.07) is 8.55. The number of thiol groups is 1. The minimum atomic E-state index is 0.421. The van der Waals surface area contributed by atoms with Crippen molar-refractivity contribution in [1.82, 2.24) is 4.90 Å². The van der Waals surface area contributed by atoms with E-state index in [2.05, 4.69) is 43.6 Å². The van der Waals surface area contributed by atoms with Gasteiger partial charge in [-0.1, -0.05) is 30.2 Å². The number of unbranched alkanes of at least 4 members (excludes halogenated alkanes) is 2. The maximum atomic E-state index is 6.01. The standard InChI is InChI=1S/C14H22ClNS/c1-12(13-7-6-8-14(15)11-13)16(2)9-4-3-5-10-17/h6-8,11-12,17H,3-5,9-10H2,1-2H3. The molecule has 1 atom stereocenters. The molecule has 0 amide bonds. The van der Waals surface area contributed by atoms with Gasteiger partial charge in [-0.2, -0.15) is 12.6 Å². The van der Waals surface area contributed by atoms with Crippen molar-refractivity contribution in [2.24, 2.45) is 0 Å². The van der Waals surface area contributed by atoms with E-state index < -0.39 is 0 Å². The van der Waals surface area contributed by atoms with Crippen LogP contribution < -0.4 is 0 Å². The van der Waals surface area contributed by atoms with E-state index >= 15 is 0 Å². The van der Waals surface area contributed by atoms with Crippen LogP contribution in [0.2, 0.25) is 5.02 Å². The first kappa shape index (κ1) is 14.9. The monoisotopic (exact) mass is 271 g/mol. The molecule has 17 heavy (non-hydrogen) atoms. The Morgan fingerprint density at radius 2 is 2.06 bits per heavy atom. The second-order valence-corrected chi connectivity index (χ2v) is 5.38. The Morgan fingerprint density at radius 1 is 1.29 bits per heavy atom. The summed E-state index contributed by atoms with van der Waals surface area (Å²) in [5.41, 5.74) is 1.29. The van der Waals surface area contributed by atoms with E-state index in [1.165, 1.54) is 24.8 Å². The number of hydrogen-bond acceptors (Lipinski definition) is 2. The lowest BCUT2D eigenvalue weighted by atomic mass is 10.1. The number of benzene rings is 1. The van der Waals surface area contributed by atoms with Crippen LogP contribution in [0.1, 0.15) is 37.8 Å². The van der Waals surface area contributed by atoms with Gasteiger partial charge < -0.3 is 0 Å². The quantitative estimate of drug-likeness (QED) is 0.567. The predicted octanol–water partition coefficient (Wildman–Crippen LogP) is 4.43. The van der Waals surface area contributed by atoms with Crippen LogP contribution in [0.3, 0.4) is 0 Å². The first-order valence-corrected chi connectivity index (χ1v) is 7.22. The Kier molecular flexibility index (Phi) is 7.02. The molecule has 0 N–H and O–H groups in total. The number of nitrogens with zero attached hydrogens (tertiary/aromatic N) is 1. The molecule has 1 unspecified atom stereocenters. The Hall–Kier alpha value is -0.180. The highest BCUT2D eigenvalue weighted by Gasteiger charge is 2.11. The molecule has 0 fully saturated rings. The second-order valence-electron chi connectivity index (χ2n) is 4.50. The van der Waals surface area contributed by atoms with Gasteiger partial charge in [-0.05, 0) is 56.8 Å². The van der Waals surface area contributed by atoms with Crippen LogP contribution in [0.25, 0.3) is 0 Å². The van der Waals surface area contributed by atoms with Gasteiger partial charge in [0.25, 0.3) is 0 Å². The van der Waals surface area contributed by atoms with Crippen LogP contribution in [0.4, 0.5) is 0 Å². The SMILES string of the molecule is CC(c1cccc(Cl)c1)N(C)CCCCCS. The lowest BCUT2D eigenvalue weighted by molar-refractivity contribution is 0.256. The number of halogens is 1. The number of hydrogen-bond donors (Lipinski definition) is 1. The highest BCUT2D eigenvalue weighted by molar-refractivity contribution is 7.80. The van der Waals surface area contributed by atoms with Crippen LogP contribution in [-0.2, 0) is 0 Å². The van der Waals surface area contributed by atoms with Gasteiger partial charge in [0.15, 0.2) is 0 Å². The molecule has 1 rings (SSSR count). The summed E-state index contributed by atoms with van der Waals surface area (Å²) in [5, 5.41) is 0.817. The van der Waals surface area contributed by atoms with E-state index in [1.807, 2.05) is 12.1 Å². The van der Waals surface area contributed by atoms with Crippen LogP contribution >= 0.6 is 24.2 Å². The van der Waals surface area contributed by atoms with Crippen molar-refractivity contribution in [3.05, 3.63) is 34.9 Å². The Bertz CT molecular complexity index is 330. The zero-order chi connectivity index (χ0) is 12.7. The third-order valence-electron chi connectivity index (χ3n) is 3.16. The van der Waals surface area contributed by atoms with Crippen molar-refractivity contribution in [1.29, 1.82) is 0 Å². The maximum Gasteiger partial charge on any atom is 0.0409 e. The van der Waals surface area contributed by atoms with Gasteiger partial charge in [0.05, 0.1) is 0 Å². The van der Waals surface area contributed by atoms with Crippen LogP contribution in [0.15, 0.2) is 24.3 Å². The Morgan fingerprint density at radius 3 is 2.71 bits per heavy atom. The summed E-state index contributed by atoms with van der Waals surface area (Å²) in [6.07, 6.45) is 3.71. The van der Waals surface area contributed by atoms with Gasteiger partial charge in [-0.25, -0.2) is 0 Å². The molecule has 1 aromatic carbocycles. The van der Waals surface area contributed by atoms with Crippen molar-refractivity contribution in [2.75, 3.05) is 19.3 Å². The molecule has 0 spiro atoms. The molecule has 0 heterocycles. The summed E-state index contributed by atoms with van der Waals surface area (Å²) in [5.74, 6) is 0.994. The molecule has 0 aliphatic rings. The summed E-state index contributed by atoms with van der Waals surface area (Å²) in [7, 11) is 2.17. The molecular weight excluding hydrogens is 250 g/mol. The second kappa shape index (κ2) is 8.02. The topological polar surface area (TPSA) is 3.24 Å². The van der Waals surface area contributed by atoms with E-state index in [4.69, 9.17) is 11.6 Å². The van der Waals surface area contributed by atoms with E-state index in [0.29, 0.717) is 6.04 Å². The summed E-state index contributed by atoms with van der Waals surface area (Å²) in [6.45, 7) is 3.35. The minimum Gasteiger partial charge on any atom is -0.300 e. The van der Waals surface area contributed by atoms with Gasteiger partial charge in [-0.15, -0.1) is 0 Å². The molecule has 0 bridgehead atoms. The van der Waals surface area contributed by atoms with Crippen molar-refractivity contribution in [3.63, 3.8) is 0 Å². The zero-order valence-electron chi connectivity index (χ0n) is 10.7. The first-order valence-electron chi connectivity index (χ1n) is 6.21. The van der Waals surface area contributed by atoms with Crippen molar-refractivity contribution in [3.8, 4) is 0 Å². The third-order valence-corrected chi connectivity index (χ3v) is 3.71. The molecule has 0 radical (unpaired) electrons. The molecular formula is C14H22ClNS. The summed E-state index contributed by atoms with van der Waals surface area (Å²) in [4.78, 5) is 2.38. The molecule has 0 aliphatic heterocycles. The van der Waals surface area contributed by atoms with Crippen LogP contribution in [0, 0.1) is 0 Å². The van der Waals surface area contributed by atoms with E-state index in [-0.39, 0.29) is 0 Å². The fourth-order valence-corrected chi connectivity index (χ4v) is 2.29. The molecule has 0 saturated carbocycles. The van der Waals surface area contributed by atoms with Crippen LogP contribution in [0.5, 0.6) is 0 Å². The van der Waals surface area contributed by atoms with Crippen molar-refractivity contribution in [2.45, 2.75) is 32.2 Å². The van der Waals surface area contributed by atoms with Gasteiger partial charge >= 0.3 is 0 Å². The van der Waals surface area contributed by atoms with Gasteiger partial charge in [0, 0.05) is 11.1 Å². The fraction of sp³-hybridized carbons (Fsp3) is 0.571. The molecule has 0 aliphatic carbocycles. The van der Waals surface area contributed by atoms with E-state index in [9.17, 15) is 0 Å². The average Bonchev–Trinajstić information content (AvgIpc) is 2.33. The first-order chi connectivity index (χ1) is 8.15. The molecule has 96 valence electrons. The molecule has 3 heteroatoms. The molecule has 1 nitrogen and oxygen atoms in total. The predicted molar refractivity (Wildman–Crippen MR) is 80.2 cm³/mol. The van der Waals surface area contributed by atoms with E-state index in [1.54, 1.807) is 0 Å². The minimum absolute atomic E-state index is 0.421. The lowest BCUT2D eigenvalue weighted by Crippen LogP contribution is -2.23. The van der Waals surface area contributed by atoms with Gasteiger partial charge in [-0.3, -0.25) is 4.90 Å². The Labute approximate surface area is 116 Å². The lowest BCUT2D eigenvalue weighted by Gasteiger charge is -2.25. The highest BCUT2D eigenvalue weighted by Crippen LogP contribution is 2.22.